The molecular weight excluding hydrogens is 226 g/mol. The first kappa shape index (κ1) is 13.4. The van der Waals surface area contributed by atoms with Crippen molar-refractivity contribution >= 4 is 0 Å². The summed E-state index contributed by atoms with van der Waals surface area (Å²) in [6.07, 6.45) is 4.04. The summed E-state index contributed by atoms with van der Waals surface area (Å²) in [5.74, 6) is 1.68. The maximum absolute atomic E-state index is 9.61. The molecule has 100 valence electrons. The van der Waals surface area contributed by atoms with Gasteiger partial charge in [0.1, 0.15) is 5.75 Å². The van der Waals surface area contributed by atoms with Crippen LogP contribution in [0.4, 0.5) is 0 Å². The van der Waals surface area contributed by atoms with Gasteiger partial charge in [0.15, 0.2) is 0 Å². The summed E-state index contributed by atoms with van der Waals surface area (Å²) in [5, 5.41) is 9.61. The average molecular weight is 249 g/mol. The number of ether oxygens (including phenoxy) is 1. The van der Waals surface area contributed by atoms with Crippen LogP contribution in [0.1, 0.15) is 30.9 Å². The second-order valence-electron chi connectivity index (χ2n) is 5.21. The van der Waals surface area contributed by atoms with Gasteiger partial charge in [-0.3, -0.25) is 4.90 Å². The number of methoxy groups -OCH3 is 1. The van der Waals surface area contributed by atoms with Gasteiger partial charge in [-0.15, -0.1) is 0 Å². The zero-order chi connectivity index (χ0) is 13.0. The molecule has 2 rings (SSSR count). The van der Waals surface area contributed by atoms with E-state index in [0.717, 1.165) is 23.8 Å². The van der Waals surface area contributed by atoms with Gasteiger partial charge in [0.2, 0.25) is 0 Å². The molecule has 1 aliphatic carbocycles. The fraction of sp³-hybridized carbons (Fsp3) is 0.600. The third-order valence-corrected chi connectivity index (χ3v) is 3.98. The monoisotopic (exact) mass is 249 g/mol. The molecule has 0 heterocycles. The molecule has 1 aliphatic rings. The van der Waals surface area contributed by atoms with E-state index in [1.165, 1.54) is 19.3 Å². The van der Waals surface area contributed by atoms with Crippen molar-refractivity contribution in [2.75, 3.05) is 27.3 Å². The number of nitrogens with zero attached hydrogens (tertiary/aromatic N) is 1. The Kier molecular flexibility index (Phi) is 4.61. The Morgan fingerprint density at radius 2 is 2.00 bits per heavy atom. The quantitative estimate of drug-likeness (QED) is 0.840. The number of likely N-dealkylation sites (N-methyl/N-ethyl adjacent to an activating group) is 1. The van der Waals surface area contributed by atoms with Gasteiger partial charge in [-0.05, 0) is 43.5 Å². The maximum atomic E-state index is 9.61. The first-order chi connectivity index (χ1) is 8.74. The lowest BCUT2D eigenvalue weighted by Gasteiger charge is -2.34. The summed E-state index contributed by atoms with van der Waals surface area (Å²) in [6, 6.07) is 8.08. The molecule has 1 unspecified atom stereocenters. The Hall–Kier alpha value is -1.06. The van der Waals surface area contributed by atoms with Crippen LogP contribution in [-0.4, -0.2) is 37.3 Å². The minimum Gasteiger partial charge on any atom is -0.497 e. The molecule has 1 aromatic carbocycles. The second-order valence-corrected chi connectivity index (χ2v) is 5.21. The standard InChI is InChI=1S/C15H23NO2/c1-16(10-12-4-3-5-12)15(11-17)13-6-8-14(18-2)9-7-13/h6-9,12,15,17H,3-5,10-11H2,1-2H3. The highest BCUT2D eigenvalue weighted by molar-refractivity contribution is 5.29. The fourth-order valence-corrected chi connectivity index (χ4v) is 2.54. The van der Waals surface area contributed by atoms with Crippen LogP contribution in [-0.2, 0) is 0 Å². The van der Waals surface area contributed by atoms with Crippen LogP contribution in [0.15, 0.2) is 24.3 Å². The van der Waals surface area contributed by atoms with Crippen LogP contribution < -0.4 is 4.74 Å². The number of hydrogen-bond donors (Lipinski definition) is 1. The van der Waals surface area contributed by atoms with Crippen molar-refractivity contribution in [3.63, 3.8) is 0 Å². The number of benzene rings is 1. The van der Waals surface area contributed by atoms with E-state index in [-0.39, 0.29) is 12.6 Å². The zero-order valence-corrected chi connectivity index (χ0v) is 11.3. The van der Waals surface area contributed by atoms with Gasteiger partial charge >= 0.3 is 0 Å². The van der Waals surface area contributed by atoms with Gasteiger partial charge < -0.3 is 9.84 Å². The summed E-state index contributed by atoms with van der Waals surface area (Å²) >= 11 is 0. The second kappa shape index (κ2) is 6.21. The lowest BCUT2D eigenvalue weighted by atomic mass is 9.85. The van der Waals surface area contributed by atoms with Gasteiger partial charge in [0.05, 0.1) is 19.8 Å². The van der Waals surface area contributed by atoms with Gasteiger partial charge in [-0.25, -0.2) is 0 Å². The lowest BCUT2D eigenvalue weighted by molar-refractivity contribution is 0.112. The first-order valence-corrected chi connectivity index (χ1v) is 6.69. The molecule has 0 aliphatic heterocycles. The van der Waals surface area contributed by atoms with E-state index < -0.39 is 0 Å². The minimum absolute atomic E-state index is 0.0940. The molecule has 18 heavy (non-hydrogen) atoms. The van der Waals surface area contributed by atoms with Crippen molar-refractivity contribution in [3.8, 4) is 5.75 Å². The molecule has 1 aromatic rings. The van der Waals surface area contributed by atoms with Crippen LogP contribution in [0.25, 0.3) is 0 Å². The molecule has 0 amide bonds. The molecule has 0 saturated heterocycles. The van der Waals surface area contributed by atoms with Gasteiger partial charge in [0, 0.05) is 6.54 Å². The van der Waals surface area contributed by atoms with E-state index in [1.54, 1.807) is 7.11 Å². The van der Waals surface area contributed by atoms with E-state index in [1.807, 2.05) is 24.3 Å². The first-order valence-electron chi connectivity index (χ1n) is 6.69. The van der Waals surface area contributed by atoms with E-state index >= 15 is 0 Å². The molecule has 1 saturated carbocycles. The van der Waals surface area contributed by atoms with E-state index in [2.05, 4.69) is 11.9 Å². The highest BCUT2D eigenvalue weighted by Gasteiger charge is 2.23. The Bertz CT molecular complexity index is 359. The molecule has 0 spiro atoms. The molecule has 1 N–H and O–H groups in total. The third kappa shape index (κ3) is 3.03. The van der Waals surface area contributed by atoms with Crippen molar-refractivity contribution in [2.24, 2.45) is 5.92 Å². The maximum Gasteiger partial charge on any atom is 0.118 e. The molecule has 0 aromatic heterocycles. The van der Waals surface area contributed by atoms with Crippen molar-refractivity contribution in [3.05, 3.63) is 29.8 Å². The smallest absolute Gasteiger partial charge is 0.118 e. The normalized spacial score (nSPS) is 17.6. The summed E-state index contributed by atoms with van der Waals surface area (Å²) in [6.45, 7) is 1.24. The molecule has 1 fully saturated rings. The Morgan fingerprint density at radius 3 is 2.44 bits per heavy atom. The largest absolute Gasteiger partial charge is 0.497 e. The number of hydrogen-bond acceptors (Lipinski definition) is 3. The van der Waals surface area contributed by atoms with Crippen LogP contribution in [0, 0.1) is 5.92 Å². The molecule has 3 heteroatoms. The van der Waals surface area contributed by atoms with E-state index in [4.69, 9.17) is 4.74 Å². The summed E-state index contributed by atoms with van der Waals surface area (Å²) < 4.78 is 5.16. The van der Waals surface area contributed by atoms with Crippen LogP contribution in [0.5, 0.6) is 5.75 Å². The lowest BCUT2D eigenvalue weighted by Crippen LogP contribution is -2.34. The van der Waals surface area contributed by atoms with E-state index in [0.29, 0.717) is 0 Å². The molecule has 1 atom stereocenters. The fourth-order valence-electron chi connectivity index (χ4n) is 2.54. The summed E-state index contributed by atoms with van der Waals surface area (Å²) in [5.41, 5.74) is 1.15. The average Bonchev–Trinajstić information content (AvgIpc) is 2.35. The Labute approximate surface area is 109 Å². The van der Waals surface area contributed by atoms with E-state index in [9.17, 15) is 5.11 Å². The van der Waals surface area contributed by atoms with Crippen molar-refractivity contribution in [1.29, 1.82) is 0 Å². The van der Waals surface area contributed by atoms with Crippen LogP contribution >= 0.6 is 0 Å². The Morgan fingerprint density at radius 1 is 1.33 bits per heavy atom. The highest BCUT2D eigenvalue weighted by atomic mass is 16.5. The highest BCUT2D eigenvalue weighted by Crippen LogP contribution is 2.30. The zero-order valence-electron chi connectivity index (χ0n) is 11.3. The third-order valence-electron chi connectivity index (χ3n) is 3.98. The Balaban J connectivity index is 2.00. The summed E-state index contributed by atoms with van der Waals surface area (Å²) in [4.78, 5) is 2.27. The number of aliphatic hydroxyl groups excluding tert-OH is 1. The van der Waals surface area contributed by atoms with Crippen molar-refractivity contribution in [2.45, 2.75) is 25.3 Å². The van der Waals surface area contributed by atoms with Gasteiger partial charge in [-0.2, -0.15) is 0 Å². The molecule has 0 bridgehead atoms. The van der Waals surface area contributed by atoms with Crippen molar-refractivity contribution in [1.82, 2.24) is 4.90 Å². The van der Waals surface area contributed by atoms with Gasteiger partial charge in [0.25, 0.3) is 0 Å². The topological polar surface area (TPSA) is 32.7 Å². The number of rotatable bonds is 6. The predicted molar refractivity (Wildman–Crippen MR) is 72.8 cm³/mol. The van der Waals surface area contributed by atoms with Crippen LogP contribution in [0.2, 0.25) is 0 Å². The number of aliphatic hydroxyl groups is 1. The molecular formula is C15H23NO2. The summed E-state index contributed by atoms with van der Waals surface area (Å²) in [7, 11) is 3.77. The SMILES string of the molecule is COc1ccc(C(CO)N(C)CC2CCC2)cc1. The minimum atomic E-state index is 0.0940. The van der Waals surface area contributed by atoms with Crippen molar-refractivity contribution < 1.29 is 9.84 Å². The predicted octanol–water partition coefficient (Wildman–Crippen LogP) is 2.46. The van der Waals surface area contributed by atoms with Crippen LogP contribution in [0.3, 0.4) is 0 Å². The molecule has 3 nitrogen and oxygen atoms in total. The van der Waals surface area contributed by atoms with Gasteiger partial charge in [-0.1, -0.05) is 18.6 Å². The molecule has 0 radical (unpaired) electrons.